The van der Waals surface area contributed by atoms with Crippen LogP contribution in [0.1, 0.15) is 24.2 Å². The highest BCUT2D eigenvalue weighted by molar-refractivity contribution is 5.42. The molecule has 2 aromatic carbocycles. The third-order valence-electron chi connectivity index (χ3n) is 2.91. The Hall–Kier alpha value is -2.00. The van der Waals surface area contributed by atoms with Gasteiger partial charge in [-0.2, -0.15) is 0 Å². The van der Waals surface area contributed by atoms with Crippen LogP contribution in [0, 0.1) is 0 Å². The molecular weight excluding hydrogens is 240 g/mol. The lowest BCUT2D eigenvalue weighted by Gasteiger charge is -2.14. The zero-order valence-electron chi connectivity index (χ0n) is 11.2. The Morgan fingerprint density at radius 2 is 1.84 bits per heavy atom. The van der Waals surface area contributed by atoms with Gasteiger partial charge in [-0.15, -0.1) is 0 Å². The minimum absolute atomic E-state index is 0.466. The van der Waals surface area contributed by atoms with Crippen molar-refractivity contribution in [3.63, 3.8) is 0 Å². The van der Waals surface area contributed by atoms with Crippen molar-refractivity contribution in [1.82, 2.24) is 0 Å². The summed E-state index contributed by atoms with van der Waals surface area (Å²) in [5, 5.41) is 9.74. The van der Waals surface area contributed by atoms with E-state index in [4.69, 9.17) is 9.47 Å². The summed E-state index contributed by atoms with van der Waals surface area (Å²) in [6, 6.07) is 15.4. The van der Waals surface area contributed by atoms with Gasteiger partial charge in [0.1, 0.15) is 18.1 Å². The molecule has 3 nitrogen and oxygen atoms in total. The summed E-state index contributed by atoms with van der Waals surface area (Å²) >= 11 is 0. The van der Waals surface area contributed by atoms with Crippen LogP contribution in [0.3, 0.4) is 0 Å². The molecular formula is C16H18O3. The average molecular weight is 258 g/mol. The summed E-state index contributed by atoms with van der Waals surface area (Å²) in [6.45, 7) is 2.19. The summed E-state index contributed by atoms with van der Waals surface area (Å²) in [4.78, 5) is 0. The monoisotopic (exact) mass is 258 g/mol. The summed E-state index contributed by atoms with van der Waals surface area (Å²) in [5.41, 5.74) is 1.85. The highest BCUT2D eigenvalue weighted by Crippen LogP contribution is 2.30. The van der Waals surface area contributed by atoms with Crippen molar-refractivity contribution in [2.75, 3.05) is 7.11 Å². The van der Waals surface area contributed by atoms with E-state index in [1.807, 2.05) is 42.5 Å². The standard InChI is InChI=1S/C16H18O3/c1-12(17)15-9-8-14(18-2)10-16(15)19-11-13-6-4-3-5-7-13/h3-10,12,17H,11H2,1-2H3. The summed E-state index contributed by atoms with van der Waals surface area (Å²) in [6.07, 6.45) is -0.573. The van der Waals surface area contributed by atoms with Gasteiger partial charge in [-0.1, -0.05) is 30.3 Å². The van der Waals surface area contributed by atoms with Gasteiger partial charge in [0.2, 0.25) is 0 Å². The zero-order chi connectivity index (χ0) is 13.7. The van der Waals surface area contributed by atoms with Gasteiger partial charge in [-0.25, -0.2) is 0 Å². The molecule has 0 heterocycles. The van der Waals surface area contributed by atoms with Crippen LogP contribution in [0.5, 0.6) is 11.5 Å². The van der Waals surface area contributed by atoms with Gasteiger partial charge in [-0.3, -0.25) is 0 Å². The van der Waals surface area contributed by atoms with Crippen molar-refractivity contribution < 1.29 is 14.6 Å². The zero-order valence-corrected chi connectivity index (χ0v) is 11.2. The van der Waals surface area contributed by atoms with Gasteiger partial charge < -0.3 is 14.6 Å². The maximum atomic E-state index is 9.74. The molecule has 0 saturated carbocycles. The van der Waals surface area contributed by atoms with Crippen LogP contribution in [0.2, 0.25) is 0 Å². The first kappa shape index (κ1) is 13.4. The number of aliphatic hydroxyl groups is 1. The van der Waals surface area contributed by atoms with Gasteiger partial charge in [0.25, 0.3) is 0 Å². The molecule has 1 unspecified atom stereocenters. The SMILES string of the molecule is COc1ccc(C(C)O)c(OCc2ccccc2)c1. The summed E-state index contributed by atoms with van der Waals surface area (Å²) < 4.78 is 11.0. The fraction of sp³-hybridized carbons (Fsp3) is 0.250. The Morgan fingerprint density at radius 1 is 1.11 bits per heavy atom. The molecule has 0 saturated heterocycles. The highest BCUT2D eigenvalue weighted by Gasteiger charge is 2.10. The number of rotatable bonds is 5. The molecule has 100 valence electrons. The number of methoxy groups -OCH3 is 1. The van der Waals surface area contributed by atoms with E-state index in [2.05, 4.69) is 0 Å². The van der Waals surface area contributed by atoms with E-state index >= 15 is 0 Å². The number of hydrogen-bond donors (Lipinski definition) is 1. The smallest absolute Gasteiger partial charge is 0.129 e. The normalized spacial score (nSPS) is 11.9. The van der Waals surface area contributed by atoms with Crippen molar-refractivity contribution >= 4 is 0 Å². The van der Waals surface area contributed by atoms with E-state index in [0.717, 1.165) is 11.1 Å². The van der Waals surface area contributed by atoms with E-state index in [1.165, 1.54) is 0 Å². The fourth-order valence-electron chi connectivity index (χ4n) is 1.85. The molecule has 0 radical (unpaired) electrons. The largest absolute Gasteiger partial charge is 0.497 e. The van der Waals surface area contributed by atoms with Crippen molar-refractivity contribution in [2.45, 2.75) is 19.6 Å². The Balaban J connectivity index is 2.18. The van der Waals surface area contributed by atoms with Crippen LogP contribution in [0.4, 0.5) is 0 Å². The molecule has 0 amide bonds. The molecule has 0 aliphatic heterocycles. The lowest BCUT2D eigenvalue weighted by Crippen LogP contribution is -2.01. The first-order valence-electron chi connectivity index (χ1n) is 6.23. The summed E-state index contributed by atoms with van der Waals surface area (Å²) in [7, 11) is 1.61. The second-order valence-electron chi connectivity index (χ2n) is 4.35. The first-order valence-corrected chi connectivity index (χ1v) is 6.23. The number of ether oxygens (including phenoxy) is 2. The number of aliphatic hydroxyl groups excluding tert-OH is 1. The fourth-order valence-corrected chi connectivity index (χ4v) is 1.85. The molecule has 0 aliphatic rings. The third-order valence-corrected chi connectivity index (χ3v) is 2.91. The lowest BCUT2D eigenvalue weighted by molar-refractivity contribution is 0.190. The van der Waals surface area contributed by atoms with Crippen LogP contribution < -0.4 is 9.47 Å². The van der Waals surface area contributed by atoms with Gasteiger partial charge in [0.15, 0.2) is 0 Å². The van der Waals surface area contributed by atoms with Crippen molar-refractivity contribution in [1.29, 1.82) is 0 Å². The lowest BCUT2D eigenvalue weighted by atomic mass is 10.1. The van der Waals surface area contributed by atoms with Gasteiger partial charge in [-0.05, 0) is 24.6 Å². The van der Waals surface area contributed by atoms with Crippen molar-refractivity contribution in [2.24, 2.45) is 0 Å². The summed E-state index contributed by atoms with van der Waals surface area (Å²) in [5.74, 6) is 1.37. The van der Waals surface area contributed by atoms with E-state index in [1.54, 1.807) is 20.1 Å². The first-order chi connectivity index (χ1) is 9.20. The molecule has 0 spiro atoms. The van der Waals surface area contributed by atoms with Crippen LogP contribution in [-0.4, -0.2) is 12.2 Å². The van der Waals surface area contributed by atoms with E-state index < -0.39 is 6.10 Å². The number of benzene rings is 2. The molecule has 2 aromatic rings. The Bertz CT molecular complexity index is 521. The Labute approximate surface area is 113 Å². The van der Waals surface area contributed by atoms with Crippen LogP contribution in [0.25, 0.3) is 0 Å². The molecule has 19 heavy (non-hydrogen) atoms. The Kier molecular flexibility index (Phi) is 4.42. The molecule has 0 fully saturated rings. The maximum Gasteiger partial charge on any atom is 0.129 e. The topological polar surface area (TPSA) is 38.7 Å². The van der Waals surface area contributed by atoms with Crippen molar-refractivity contribution in [3.8, 4) is 11.5 Å². The molecule has 1 atom stereocenters. The molecule has 2 rings (SSSR count). The highest BCUT2D eigenvalue weighted by atomic mass is 16.5. The van der Waals surface area contributed by atoms with Gasteiger partial charge in [0.05, 0.1) is 13.2 Å². The third kappa shape index (κ3) is 3.48. The predicted molar refractivity (Wildman–Crippen MR) is 74.4 cm³/mol. The van der Waals surface area contributed by atoms with Gasteiger partial charge in [0, 0.05) is 11.6 Å². The predicted octanol–water partition coefficient (Wildman–Crippen LogP) is 3.33. The molecule has 0 aromatic heterocycles. The minimum Gasteiger partial charge on any atom is -0.497 e. The molecule has 0 bridgehead atoms. The van der Waals surface area contributed by atoms with E-state index in [0.29, 0.717) is 18.1 Å². The van der Waals surface area contributed by atoms with E-state index in [-0.39, 0.29) is 0 Å². The number of hydrogen-bond acceptors (Lipinski definition) is 3. The average Bonchev–Trinajstić information content (AvgIpc) is 2.45. The molecule has 1 N–H and O–H groups in total. The van der Waals surface area contributed by atoms with Crippen molar-refractivity contribution in [3.05, 3.63) is 59.7 Å². The van der Waals surface area contributed by atoms with Crippen LogP contribution in [0.15, 0.2) is 48.5 Å². The maximum absolute atomic E-state index is 9.74. The van der Waals surface area contributed by atoms with Crippen LogP contribution in [-0.2, 0) is 6.61 Å². The second kappa shape index (κ2) is 6.25. The Morgan fingerprint density at radius 3 is 2.47 bits per heavy atom. The molecule has 0 aliphatic carbocycles. The molecule has 3 heteroatoms. The van der Waals surface area contributed by atoms with Gasteiger partial charge >= 0.3 is 0 Å². The minimum atomic E-state index is -0.573. The second-order valence-corrected chi connectivity index (χ2v) is 4.35. The quantitative estimate of drug-likeness (QED) is 0.894. The van der Waals surface area contributed by atoms with Crippen LogP contribution >= 0.6 is 0 Å². The van der Waals surface area contributed by atoms with E-state index in [9.17, 15) is 5.11 Å².